The number of likely N-dealkylation sites (tertiary alicyclic amines) is 4. The van der Waals surface area contributed by atoms with E-state index in [9.17, 15) is 19.2 Å². The molecule has 0 saturated carbocycles. The van der Waals surface area contributed by atoms with Gasteiger partial charge in [0.05, 0.1) is 12.1 Å². The molecule has 10 nitrogen and oxygen atoms in total. The summed E-state index contributed by atoms with van der Waals surface area (Å²) >= 11 is 0. The molecule has 4 aliphatic heterocycles. The zero-order chi connectivity index (χ0) is 35.3. The molecule has 4 fully saturated rings. The molecule has 1 N–H and O–H groups in total. The van der Waals surface area contributed by atoms with Gasteiger partial charge in [0.25, 0.3) is 0 Å². The quantitative estimate of drug-likeness (QED) is 0.330. The first-order valence-corrected chi connectivity index (χ1v) is 19.0. The highest BCUT2D eigenvalue weighted by atomic mass is 16.2. The summed E-state index contributed by atoms with van der Waals surface area (Å²) in [5.74, 6) is -0.247. The molecule has 4 heterocycles. The summed E-state index contributed by atoms with van der Waals surface area (Å²) in [4.78, 5) is 66.1. The standard InChI is InChI=1S/C38H66N6O4/c1-26(2)32(40(9)37(48)33(38(6,7)8)39-34(45)30-17-10-11-21-42(30)27(3)4)24-28(5)35(46)44-23-15-18-31(44)36(47)43-22-14-16-29(43)25-41-19-12-13-20-41/h24,26-27,29-33H,10-23,25H2,1-9H3,(H,39,45)/b28-24+/t29-,30+,31-,32+,33+/m0/s1. The third kappa shape index (κ3) is 9.01. The summed E-state index contributed by atoms with van der Waals surface area (Å²) in [5, 5.41) is 3.17. The van der Waals surface area contributed by atoms with Crippen LogP contribution in [-0.4, -0.2) is 131 Å². The highest BCUT2D eigenvalue weighted by Gasteiger charge is 2.42. The van der Waals surface area contributed by atoms with Gasteiger partial charge in [-0.15, -0.1) is 0 Å². The summed E-state index contributed by atoms with van der Waals surface area (Å²) < 4.78 is 0. The third-order valence-corrected chi connectivity index (χ3v) is 11.3. The number of carbonyl (C=O) groups is 4. The molecule has 0 aromatic heterocycles. The van der Waals surface area contributed by atoms with Crippen molar-refractivity contribution in [2.45, 2.75) is 149 Å². The summed E-state index contributed by atoms with van der Waals surface area (Å²) in [6.45, 7) is 21.5. The first kappa shape index (κ1) is 38.3. The number of amides is 4. The van der Waals surface area contributed by atoms with Crippen LogP contribution in [0.4, 0.5) is 0 Å². The number of piperidine rings is 1. The molecular weight excluding hydrogens is 604 g/mol. The lowest BCUT2D eigenvalue weighted by atomic mass is 9.84. The van der Waals surface area contributed by atoms with E-state index in [-0.39, 0.29) is 53.7 Å². The molecule has 4 rings (SSSR count). The predicted octanol–water partition coefficient (Wildman–Crippen LogP) is 4.29. The van der Waals surface area contributed by atoms with E-state index in [4.69, 9.17) is 0 Å². The molecule has 0 aromatic rings. The molecular formula is C38H66N6O4. The Hall–Kier alpha value is -2.46. The van der Waals surface area contributed by atoms with Crippen LogP contribution in [0.15, 0.2) is 11.6 Å². The number of likely N-dealkylation sites (N-methyl/N-ethyl adjacent to an activating group) is 1. The first-order valence-electron chi connectivity index (χ1n) is 19.0. The van der Waals surface area contributed by atoms with Crippen molar-refractivity contribution in [3.05, 3.63) is 11.6 Å². The van der Waals surface area contributed by atoms with Crippen molar-refractivity contribution in [1.82, 2.24) is 29.8 Å². The molecule has 0 radical (unpaired) electrons. The highest BCUT2D eigenvalue weighted by Crippen LogP contribution is 2.29. The number of nitrogens with zero attached hydrogens (tertiary/aromatic N) is 5. The zero-order valence-corrected chi connectivity index (χ0v) is 31.6. The van der Waals surface area contributed by atoms with Crippen molar-refractivity contribution in [3.63, 3.8) is 0 Å². The van der Waals surface area contributed by atoms with E-state index < -0.39 is 17.5 Å². The Labute approximate surface area is 291 Å². The van der Waals surface area contributed by atoms with Crippen molar-refractivity contribution in [2.75, 3.05) is 46.3 Å². The number of hydrogen-bond acceptors (Lipinski definition) is 6. The van der Waals surface area contributed by atoms with E-state index >= 15 is 0 Å². The molecule has 4 aliphatic rings. The van der Waals surface area contributed by atoms with Gasteiger partial charge >= 0.3 is 0 Å². The fraction of sp³-hybridized carbons (Fsp3) is 0.842. The average molecular weight is 671 g/mol. The van der Waals surface area contributed by atoms with Crippen LogP contribution < -0.4 is 5.32 Å². The minimum Gasteiger partial charge on any atom is -0.342 e. The molecule has 0 aromatic carbocycles. The number of hydrogen-bond donors (Lipinski definition) is 1. The number of nitrogens with one attached hydrogen (secondary N) is 1. The molecule has 272 valence electrons. The summed E-state index contributed by atoms with van der Waals surface area (Å²) in [6.07, 6.45) is 10.8. The van der Waals surface area contributed by atoms with Crippen LogP contribution in [0.5, 0.6) is 0 Å². The van der Waals surface area contributed by atoms with Gasteiger partial charge in [-0.2, -0.15) is 0 Å². The lowest BCUT2D eigenvalue weighted by Crippen LogP contribution is -2.60. The Morgan fingerprint density at radius 1 is 0.812 bits per heavy atom. The van der Waals surface area contributed by atoms with Crippen LogP contribution in [0.25, 0.3) is 0 Å². The molecule has 0 unspecified atom stereocenters. The van der Waals surface area contributed by atoms with Gasteiger partial charge in [-0.1, -0.05) is 47.1 Å². The molecule has 0 aliphatic carbocycles. The first-order chi connectivity index (χ1) is 22.6. The van der Waals surface area contributed by atoms with Gasteiger partial charge in [-0.3, -0.25) is 24.1 Å². The molecule has 48 heavy (non-hydrogen) atoms. The van der Waals surface area contributed by atoms with Crippen LogP contribution in [-0.2, 0) is 19.2 Å². The Balaban J connectivity index is 1.47. The summed E-state index contributed by atoms with van der Waals surface area (Å²) in [6, 6.07) is -1.26. The number of rotatable bonds is 11. The molecule has 5 atom stereocenters. The zero-order valence-electron chi connectivity index (χ0n) is 31.6. The lowest BCUT2D eigenvalue weighted by Gasteiger charge is -2.41. The maximum atomic E-state index is 14.2. The third-order valence-electron chi connectivity index (χ3n) is 11.3. The Kier molecular flexibility index (Phi) is 13.2. The van der Waals surface area contributed by atoms with E-state index in [2.05, 4.69) is 33.9 Å². The maximum absolute atomic E-state index is 14.2. The van der Waals surface area contributed by atoms with Gasteiger partial charge in [-0.25, -0.2) is 0 Å². The van der Waals surface area contributed by atoms with Crippen LogP contribution in [0.2, 0.25) is 0 Å². The van der Waals surface area contributed by atoms with Crippen LogP contribution in [0.1, 0.15) is 113 Å². The smallest absolute Gasteiger partial charge is 0.249 e. The maximum Gasteiger partial charge on any atom is 0.249 e. The summed E-state index contributed by atoms with van der Waals surface area (Å²) in [5.41, 5.74) is 0.0361. The van der Waals surface area contributed by atoms with E-state index in [1.807, 2.05) is 47.6 Å². The van der Waals surface area contributed by atoms with Gasteiger partial charge in [-0.05, 0) is 103 Å². The van der Waals surface area contributed by atoms with Gasteiger partial charge in [0.1, 0.15) is 12.1 Å². The Bertz CT molecular complexity index is 1170. The topological polar surface area (TPSA) is 96.5 Å². The van der Waals surface area contributed by atoms with Crippen LogP contribution >= 0.6 is 0 Å². The van der Waals surface area contributed by atoms with Gasteiger partial charge < -0.3 is 24.9 Å². The molecule has 10 heteroatoms. The van der Waals surface area contributed by atoms with Gasteiger partial charge in [0.2, 0.25) is 23.6 Å². The van der Waals surface area contributed by atoms with E-state index in [0.717, 1.165) is 71.2 Å². The Morgan fingerprint density at radius 3 is 2.04 bits per heavy atom. The summed E-state index contributed by atoms with van der Waals surface area (Å²) in [7, 11) is 1.78. The van der Waals surface area contributed by atoms with Crippen molar-refractivity contribution in [2.24, 2.45) is 11.3 Å². The van der Waals surface area contributed by atoms with E-state index in [1.54, 1.807) is 16.8 Å². The fourth-order valence-electron chi connectivity index (χ4n) is 8.43. The Morgan fingerprint density at radius 2 is 1.42 bits per heavy atom. The van der Waals surface area contributed by atoms with Crippen LogP contribution in [0.3, 0.4) is 0 Å². The second-order valence-corrected chi connectivity index (χ2v) is 16.7. The second kappa shape index (κ2) is 16.5. The average Bonchev–Trinajstić information content (AvgIpc) is 3.83. The van der Waals surface area contributed by atoms with Crippen molar-refractivity contribution < 1.29 is 19.2 Å². The molecule has 4 amide bonds. The molecule has 0 spiro atoms. The van der Waals surface area contributed by atoms with E-state index in [1.165, 1.54) is 12.8 Å². The van der Waals surface area contributed by atoms with Crippen LogP contribution in [0, 0.1) is 11.3 Å². The van der Waals surface area contributed by atoms with Gasteiger partial charge in [0, 0.05) is 44.3 Å². The lowest BCUT2D eigenvalue weighted by molar-refractivity contribution is -0.143. The largest absolute Gasteiger partial charge is 0.342 e. The van der Waals surface area contributed by atoms with Crippen molar-refractivity contribution >= 4 is 23.6 Å². The fourth-order valence-corrected chi connectivity index (χ4v) is 8.43. The number of carbonyl (C=O) groups excluding carboxylic acids is 4. The second-order valence-electron chi connectivity index (χ2n) is 16.7. The predicted molar refractivity (Wildman–Crippen MR) is 191 cm³/mol. The van der Waals surface area contributed by atoms with E-state index in [0.29, 0.717) is 18.5 Å². The minimum atomic E-state index is -0.717. The molecule has 4 saturated heterocycles. The van der Waals surface area contributed by atoms with Gasteiger partial charge in [0.15, 0.2) is 0 Å². The normalized spacial score (nSPS) is 26.0. The highest BCUT2D eigenvalue weighted by molar-refractivity contribution is 5.97. The SMILES string of the molecule is C/C(=C\[C@H](C(C)C)N(C)C(=O)[C@@H](NC(=O)[C@H]1CCCCN1C(C)C)C(C)(C)C)C(=O)N1CCC[C@H]1C(=O)N1CCC[C@H]1CN1CCCC1. The minimum absolute atomic E-state index is 0.0275. The van der Waals surface area contributed by atoms with Crippen molar-refractivity contribution in [1.29, 1.82) is 0 Å². The van der Waals surface area contributed by atoms with Crippen molar-refractivity contribution in [3.8, 4) is 0 Å². The monoisotopic (exact) mass is 671 g/mol. The molecule has 0 bridgehead atoms.